The molecule has 0 aliphatic carbocycles. The Balaban J connectivity index is 2.92. The van der Waals surface area contributed by atoms with Crippen molar-refractivity contribution in [2.24, 2.45) is 0 Å². The highest BCUT2D eigenvalue weighted by atomic mass is 28.4. The first-order chi connectivity index (χ1) is 10.7. The molecule has 0 saturated carbocycles. The molecule has 0 atom stereocenters. The van der Waals surface area contributed by atoms with Crippen molar-refractivity contribution in [3.63, 3.8) is 0 Å². The summed E-state index contributed by atoms with van der Waals surface area (Å²) in [7, 11) is -0.0737. The number of benzene rings is 1. The van der Waals surface area contributed by atoms with Gasteiger partial charge in [-0.25, -0.2) is 0 Å². The molecule has 0 spiro atoms. The van der Waals surface area contributed by atoms with Gasteiger partial charge in [-0.1, -0.05) is 43.4 Å². The second-order valence-corrected chi connectivity index (χ2v) is 13.2. The molecule has 0 amide bonds. The summed E-state index contributed by atoms with van der Waals surface area (Å²) in [5, 5.41) is 0. The summed E-state index contributed by atoms with van der Waals surface area (Å²) in [5.41, 5.74) is 1.29. The normalized spacial score (nSPS) is 13.1. The first kappa shape index (κ1) is 20.5. The van der Waals surface area contributed by atoms with Gasteiger partial charge in [0.05, 0.1) is 15.0 Å². The Hall–Kier alpha value is -0.506. The first-order valence-corrected chi connectivity index (χ1v) is 13.3. The van der Waals surface area contributed by atoms with Crippen LogP contribution in [-0.4, -0.2) is 54.7 Å². The van der Waals surface area contributed by atoms with Gasteiger partial charge in [0.25, 0.3) is 0 Å². The van der Waals surface area contributed by atoms with E-state index in [1.807, 2.05) is 6.07 Å². The van der Waals surface area contributed by atoms with Gasteiger partial charge in [0.1, 0.15) is 0 Å². The Kier molecular flexibility index (Phi) is 8.13. The van der Waals surface area contributed by atoms with E-state index in [9.17, 15) is 0 Å². The second-order valence-electron chi connectivity index (χ2n) is 7.31. The van der Waals surface area contributed by atoms with Gasteiger partial charge in [0, 0.05) is 32.5 Å². The average molecular weight is 356 g/mol. The predicted molar refractivity (Wildman–Crippen MR) is 101 cm³/mol. The standard InChI is InChI=1S/C17H33NO3Si2/c1-17(2,3)18(13-16-11-9-8-10-12-16)14-23(19-4,20-5)21-15-22(6)7/h8-12,22H,13-15H2,1-7H3. The topological polar surface area (TPSA) is 30.9 Å². The summed E-state index contributed by atoms with van der Waals surface area (Å²) < 4.78 is 17.7. The Morgan fingerprint density at radius 3 is 2.04 bits per heavy atom. The van der Waals surface area contributed by atoms with Gasteiger partial charge in [-0.2, -0.15) is 0 Å². The molecule has 4 nitrogen and oxygen atoms in total. The van der Waals surface area contributed by atoms with Crippen molar-refractivity contribution in [2.75, 3.05) is 26.6 Å². The molecular formula is C17H33NO3Si2. The minimum absolute atomic E-state index is 0.00374. The highest BCUT2D eigenvalue weighted by Gasteiger charge is 2.43. The number of nitrogens with zero attached hydrogens (tertiary/aromatic N) is 1. The monoisotopic (exact) mass is 355 g/mol. The smallest absolute Gasteiger partial charge is 0.377 e. The van der Waals surface area contributed by atoms with E-state index in [0.29, 0.717) is 6.17 Å². The van der Waals surface area contributed by atoms with Gasteiger partial charge in [-0.15, -0.1) is 0 Å². The van der Waals surface area contributed by atoms with Crippen LogP contribution in [0.2, 0.25) is 13.1 Å². The first-order valence-electron chi connectivity index (χ1n) is 8.25. The highest BCUT2D eigenvalue weighted by molar-refractivity contribution is 6.63. The maximum Gasteiger partial charge on any atom is 0.514 e. The lowest BCUT2D eigenvalue weighted by Gasteiger charge is -2.40. The van der Waals surface area contributed by atoms with E-state index in [-0.39, 0.29) is 5.54 Å². The van der Waals surface area contributed by atoms with Crippen LogP contribution in [-0.2, 0) is 19.8 Å². The molecule has 23 heavy (non-hydrogen) atoms. The molecule has 0 radical (unpaired) electrons. The Bertz CT molecular complexity index is 445. The SMILES string of the molecule is CO[Si](CN(Cc1ccccc1)C(C)(C)C)(OC)OC[SiH](C)C. The lowest BCUT2D eigenvalue weighted by molar-refractivity contribution is 0.0662. The minimum Gasteiger partial charge on any atom is -0.377 e. The van der Waals surface area contributed by atoms with Crippen LogP contribution < -0.4 is 0 Å². The van der Waals surface area contributed by atoms with Gasteiger partial charge in [-0.05, 0) is 26.3 Å². The zero-order valence-corrected chi connectivity index (χ0v) is 17.9. The molecule has 0 aromatic heterocycles. The number of hydrogen-bond acceptors (Lipinski definition) is 4. The lowest BCUT2D eigenvalue weighted by Crippen LogP contribution is -2.58. The third-order valence-electron chi connectivity index (χ3n) is 3.81. The largest absolute Gasteiger partial charge is 0.514 e. The molecule has 0 fully saturated rings. The van der Waals surface area contributed by atoms with Gasteiger partial charge in [0.2, 0.25) is 0 Å². The Labute approximate surface area is 144 Å². The van der Waals surface area contributed by atoms with Crippen molar-refractivity contribution in [1.82, 2.24) is 4.90 Å². The van der Waals surface area contributed by atoms with Gasteiger partial charge < -0.3 is 13.3 Å². The van der Waals surface area contributed by atoms with Crippen LogP contribution in [0.4, 0.5) is 0 Å². The molecule has 132 valence electrons. The summed E-state index contributed by atoms with van der Waals surface area (Å²) in [6.07, 6.45) is 1.48. The molecule has 1 rings (SSSR count). The molecule has 0 heterocycles. The minimum atomic E-state index is -2.67. The molecule has 0 bridgehead atoms. The zero-order valence-electron chi connectivity index (χ0n) is 15.8. The van der Waals surface area contributed by atoms with Crippen LogP contribution in [0.25, 0.3) is 0 Å². The molecule has 6 heteroatoms. The van der Waals surface area contributed by atoms with Crippen molar-refractivity contribution in [1.29, 1.82) is 0 Å². The Morgan fingerprint density at radius 1 is 1.04 bits per heavy atom. The van der Waals surface area contributed by atoms with Crippen LogP contribution in [0.1, 0.15) is 26.3 Å². The summed E-state index contributed by atoms with van der Waals surface area (Å²) in [5.74, 6) is 0. The van der Waals surface area contributed by atoms with Crippen molar-refractivity contribution in [3.05, 3.63) is 35.9 Å². The zero-order chi connectivity index (χ0) is 17.5. The molecular weight excluding hydrogens is 322 g/mol. The van der Waals surface area contributed by atoms with Gasteiger partial charge >= 0.3 is 8.80 Å². The van der Waals surface area contributed by atoms with Crippen LogP contribution in [0.3, 0.4) is 0 Å². The molecule has 0 aliphatic rings. The third-order valence-corrected chi connectivity index (χ3v) is 7.59. The fourth-order valence-corrected chi connectivity index (χ4v) is 6.39. The molecule has 0 saturated heterocycles. The molecule has 0 aliphatic heterocycles. The lowest BCUT2D eigenvalue weighted by atomic mass is 10.1. The van der Waals surface area contributed by atoms with Crippen LogP contribution in [0.15, 0.2) is 30.3 Å². The van der Waals surface area contributed by atoms with Crippen molar-refractivity contribution >= 4 is 17.6 Å². The fraction of sp³-hybridized carbons (Fsp3) is 0.647. The van der Waals surface area contributed by atoms with Gasteiger partial charge in [-0.3, -0.25) is 4.90 Å². The van der Waals surface area contributed by atoms with E-state index in [0.717, 1.165) is 12.8 Å². The van der Waals surface area contributed by atoms with Crippen LogP contribution >= 0.6 is 0 Å². The van der Waals surface area contributed by atoms with E-state index in [1.54, 1.807) is 14.2 Å². The summed E-state index contributed by atoms with van der Waals surface area (Å²) in [6, 6.07) is 10.5. The summed E-state index contributed by atoms with van der Waals surface area (Å²) >= 11 is 0. The van der Waals surface area contributed by atoms with Gasteiger partial charge in [0.15, 0.2) is 0 Å². The third kappa shape index (κ3) is 6.86. The maximum absolute atomic E-state index is 6.17. The number of hydrogen-bond donors (Lipinski definition) is 0. The van der Waals surface area contributed by atoms with E-state index >= 15 is 0 Å². The average Bonchev–Trinajstić information content (AvgIpc) is 2.50. The van der Waals surface area contributed by atoms with Crippen molar-refractivity contribution in [2.45, 2.75) is 45.9 Å². The summed E-state index contributed by atoms with van der Waals surface area (Å²) in [6.45, 7) is 12.1. The quantitative estimate of drug-likeness (QED) is 0.637. The molecule has 1 aromatic carbocycles. The molecule has 0 N–H and O–H groups in total. The Morgan fingerprint density at radius 2 is 1.61 bits per heavy atom. The van der Waals surface area contributed by atoms with Crippen molar-refractivity contribution < 1.29 is 13.3 Å². The van der Waals surface area contributed by atoms with E-state index < -0.39 is 17.6 Å². The fourth-order valence-electron chi connectivity index (χ4n) is 2.24. The van der Waals surface area contributed by atoms with E-state index in [1.165, 1.54) is 5.56 Å². The second kappa shape index (κ2) is 9.10. The van der Waals surface area contributed by atoms with Crippen LogP contribution in [0, 0.1) is 0 Å². The number of rotatable bonds is 9. The highest BCUT2D eigenvalue weighted by Crippen LogP contribution is 2.21. The maximum atomic E-state index is 6.17. The van der Waals surface area contributed by atoms with E-state index in [4.69, 9.17) is 13.3 Å². The predicted octanol–water partition coefficient (Wildman–Crippen LogP) is 3.10. The van der Waals surface area contributed by atoms with Crippen LogP contribution in [0.5, 0.6) is 0 Å². The molecule has 0 unspecified atom stereocenters. The molecule has 1 aromatic rings. The summed E-state index contributed by atoms with van der Waals surface area (Å²) in [4.78, 5) is 2.39. The van der Waals surface area contributed by atoms with E-state index in [2.05, 4.69) is 63.0 Å². The van der Waals surface area contributed by atoms with Crippen molar-refractivity contribution in [3.8, 4) is 0 Å².